The summed E-state index contributed by atoms with van der Waals surface area (Å²) in [6, 6.07) is 6.11. The number of nitrogens with two attached hydrogens (primary N) is 1. The van der Waals surface area contributed by atoms with Crippen LogP contribution in [-0.2, 0) is 0 Å². The second kappa shape index (κ2) is 6.21. The van der Waals surface area contributed by atoms with E-state index in [1.165, 1.54) is 5.56 Å². The van der Waals surface area contributed by atoms with E-state index in [2.05, 4.69) is 32.2 Å². The van der Waals surface area contributed by atoms with Crippen molar-refractivity contribution in [1.82, 2.24) is 0 Å². The van der Waals surface area contributed by atoms with Crippen molar-refractivity contribution in [1.29, 1.82) is 0 Å². The summed E-state index contributed by atoms with van der Waals surface area (Å²) in [6.45, 7) is 11.5. The predicted molar refractivity (Wildman–Crippen MR) is 74.0 cm³/mol. The van der Waals surface area contributed by atoms with Crippen LogP contribution < -0.4 is 10.1 Å². The molecule has 0 amide bonds. The third-order valence-electron chi connectivity index (χ3n) is 2.78. The highest BCUT2D eigenvalue weighted by Crippen LogP contribution is 2.19. The zero-order chi connectivity index (χ0) is 13.8. The van der Waals surface area contributed by atoms with Crippen molar-refractivity contribution in [3.63, 3.8) is 0 Å². The summed E-state index contributed by atoms with van der Waals surface area (Å²) >= 11 is 0. The van der Waals surface area contributed by atoms with Gasteiger partial charge in [0.1, 0.15) is 25.0 Å². The molecule has 1 atom stereocenters. The fraction of sp³-hybridized carbons (Fsp3) is 0.600. The summed E-state index contributed by atoms with van der Waals surface area (Å²) in [6.07, 6.45) is -0.441. The largest absolute Gasteiger partial charge is 0.490 e. The van der Waals surface area contributed by atoms with Gasteiger partial charge in [-0.2, -0.15) is 0 Å². The van der Waals surface area contributed by atoms with E-state index in [9.17, 15) is 5.11 Å². The molecule has 0 aromatic heterocycles. The van der Waals surface area contributed by atoms with E-state index in [-0.39, 0.29) is 5.54 Å². The maximum atomic E-state index is 9.88. The summed E-state index contributed by atoms with van der Waals surface area (Å²) in [7, 11) is 0. The van der Waals surface area contributed by atoms with Crippen molar-refractivity contribution in [3.8, 4) is 5.75 Å². The van der Waals surface area contributed by atoms with E-state index in [4.69, 9.17) is 4.74 Å². The van der Waals surface area contributed by atoms with Gasteiger partial charge in [0.15, 0.2) is 0 Å². The topological polar surface area (TPSA) is 46.1 Å². The number of benzene rings is 1. The molecule has 0 aliphatic rings. The Kier molecular flexibility index (Phi) is 5.17. The van der Waals surface area contributed by atoms with Gasteiger partial charge in [0.05, 0.1) is 5.54 Å². The molecule has 3 N–H and O–H groups in total. The zero-order valence-corrected chi connectivity index (χ0v) is 12.2. The molecule has 0 saturated carbocycles. The summed E-state index contributed by atoms with van der Waals surface area (Å²) in [4.78, 5) is 0. The van der Waals surface area contributed by atoms with Crippen LogP contribution in [0.4, 0.5) is 0 Å². The number of hydrogen-bond donors (Lipinski definition) is 2. The Bertz CT molecular complexity index is 383. The lowest BCUT2D eigenvalue weighted by atomic mass is 10.1. The first-order chi connectivity index (χ1) is 8.28. The van der Waals surface area contributed by atoms with Gasteiger partial charge in [-0.05, 0) is 51.8 Å². The van der Waals surface area contributed by atoms with Crippen LogP contribution in [0.25, 0.3) is 0 Å². The van der Waals surface area contributed by atoms with Gasteiger partial charge in [0.25, 0.3) is 0 Å². The number of quaternary nitrogens is 1. The first-order valence-corrected chi connectivity index (χ1v) is 6.50. The number of aliphatic hydroxyl groups is 1. The lowest BCUT2D eigenvalue weighted by Crippen LogP contribution is -2.96. The molecular weight excluding hydrogens is 226 g/mol. The second-order valence-electron chi connectivity index (χ2n) is 6.04. The molecule has 0 heterocycles. The third kappa shape index (κ3) is 5.52. The van der Waals surface area contributed by atoms with Crippen LogP contribution in [0.1, 0.15) is 31.9 Å². The molecule has 1 aromatic rings. The molecule has 102 valence electrons. The Morgan fingerprint density at radius 1 is 1.28 bits per heavy atom. The van der Waals surface area contributed by atoms with Gasteiger partial charge in [-0.25, -0.2) is 0 Å². The quantitative estimate of drug-likeness (QED) is 0.832. The van der Waals surface area contributed by atoms with Gasteiger partial charge in [0.2, 0.25) is 0 Å². The minimum Gasteiger partial charge on any atom is -0.490 e. The van der Waals surface area contributed by atoms with Crippen molar-refractivity contribution >= 4 is 0 Å². The number of ether oxygens (including phenoxy) is 1. The molecule has 18 heavy (non-hydrogen) atoms. The summed E-state index contributed by atoms with van der Waals surface area (Å²) < 4.78 is 5.67. The number of hydrogen-bond acceptors (Lipinski definition) is 2. The first-order valence-electron chi connectivity index (χ1n) is 6.50. The minimum atomic E-state index is -0.441. The van der Waals surface area contributed by atoms with E-state index in [0.717, 1.165) is 11.3 Å². The maximum Gasteiger partial charge on any atom is 0.137 e. The number of aryl methyl sites for hydroxylation is 2. The molecule has 1 aromatic carbocycles. The van der Waals surface area contributed by atoms with Crippen molar-refractivity contribution in [2.45, 2.75) is 46.3 Å². The Morgan fingerprint density at radius 2 is 1.94 bits per heavy atom. The van der Waals surface area contributed by atoms with E-state index >= 15 is 0 Å². The van der Waals surface area contributed by atoms with Crippen LogP contribution in [0.5, 0.6) is 5.75 Å². The fourth-order valence-corrected chi connectivity index (χ4v) is 1.61. The molecule has 1 rings (SSSR count). The van der Waals surface area contributed by atoms with Gasteiger partial charge < -0.3 is 15.2 Å². The van der Waals surface area contributed by atoms with Crippen LogP contribution in [-0.4, -0.2) is 29.9 Å². The normalized spacial score (nSPS) is 13.4. The van der Waals surface area contributed by atoms with Crippen molar-refractivity contribution in [3.05, 3.63) is 29.3 Å². The molecule has 0 spiro atoms. The van der Waals surface area contributed by atoms with Crippen LogP contribution in [0.3, 0.4) is 0 Å². The van der Waals surface area contributed by atoms with Crippen LogP contribution in [0.2, 0.25) is 0 Å². The molecule has 0 radical (unpaired) electrons. The molecule has 0 bridgehead atoms. The van der Waals surface area contributed by atoms with Gasteiger partial charge >= 0.3 is 0 Å². The minimum absolute atomic E-state index is 0.139. The molecule has 3 nitrogen and oxygen atoms in total. The van der Waals surface area contributed by atoms with E-state index < -0.39 is 6.10 Å². The Hall–Kier alpha value is -1.06. The average Bonchev–Trinajstić information content (AvgIpc) is 2.26. The van der Waals surface area contributed by atoms with Crippen LogP contribution >= 0.6 is 0 Å². The lowest BCUT2D eigenvalue weighted by molar-refractivity contribution is -0.722. The van der Waals surface area contributed by atoms with Crippen molar-refractivity contribution in [2.75, 3.05) is 13.2 Å². The molecule has 3 heteroatoms. The average molecular weight is 252 g/mol. The van der Waals surface area contributed by atoms with E-state index in [1.807, 2.05) is 26.0 Å². The highest BCUT2D eigenvalue weighted by Gasteiger charge is 2.16. The summed E-state index contributed by atoms with van der Waals surface area (Å²) in [5.74, 6) is 0.866. The maximum absolute atomic E-state index is 9.88. The van der Waals surface area contributed by atoms with Gasteiger partial charge in [-0.15, -0.1) is 0 Å². The zero-order valence-electron chi connectivity index (χ0n) is 12.2. The predicted octanol–water partition coefficient (Wildman–Crippen LogP) is 1.41. The fourth-order valence-electron chi connectivity index (χ4n) is 1.61. The van der Waals surface area contributed by atoms with Crippen molar-refractivity contribution in [2.24, 2.45) is 0 Å². The molecule has 0 aliphatic heterocycles. The Balaban J connectivity index is 2.42. The monoisotopic (exact) mass is 252 g/mol. The number of rotatable bonds is 5. The van der Waals surface area contributed by atoms with Crippen LogP contribution in [0, 0.1) is 13.8 Å². The molecule has 0 unspecified atom stereocenters. The van der Waals surface area contributed by atoms with Gasteiger partial charge in [-0.1, -0.05) is 12.1 Å². The highest BCUT2D eigenvalue weighted by atomic mass is 16.5. The van der Waals surface area contributed by atoms with Gasteiger partial charge in [-0.3, -0.25) is 0 Å². The highest BCUT2D eigenvalue weighted by molar-refractivity contribution is 5.35. The van der Waals surface area contributed by atoms with E-state index in [1.54, 1.807) is 0 Å². The second-order valence-corrected chi connectivity index (χ2v) is 6.04. The van der Waals surface area contributed by atoms with Gasteiger partial charge in [0, 0.05) is 0 Å². The molecule has 0 fully saturated rings. The summed E-state index contributed by atoms with van der Waals surface area (Å²) in [5.41, 5.74) is 2.42. The SMILES string of the molecule is Cc1ccc(C)c(OC[C@H](O)C[NH2+]C(C)(C)C)c1. The Labute approximate surface area is 110 Å². The van der Waals surface area contributed by atoms with Crippen LogP contribution in [0.15, 0.2) is 18.2 Å². The molecular formula is C15H26NO2+. The smallest absolute Gasteiger partial charge is 0.137 e. The first kappa shape index (κ1) is 15.0. The number of aliphatic hydroxyl groups excluding tert-OH is 1. The van der Waals surface area contributed by atoms with Crippen molar-refractivity contribution < 1.29 is 15.2 Å². The molecule has 0 saturated heterocycles. The Morgan fingerprint density at radius 3 is 2.56 bits per heavy atom. The summed E-state index contributed by atoms with van der Waals surface area (Å²) in [5, 5.41) is 12.0. The molecule has 0 aliphatic carbocycles. The third-order valence-corrected chi connectivity index (χ3v) is 2.78. The van der Waals surface area contributed by atoms with E-state index in [0.29, 0.717) is 13.2 Å². The lowest BCUT2D eigenvalue weighted by Gasteiger charge is -2.20. The standard InChI is InChI=1S/C15H25NO2/c1-11-6-7-12(2)14(8-11)18-10-13(17)9-16-15(3,4)5/h6-8,13,16-17H,9-10H2,1-5H3/p+1/t13-/m1/s1.